The monoisotopic (exact) mass is 234 g/mol. The zero-order chi connectivity index (χ0) is 12.5. The topological polar surface area (TPSA) is 72.2 Å². The standard InChI is InChI=1S/C12H18N4O/c1-2-16(8-9-17)7-6-15-12-11(10-13)4-3-5-14-12/h3-5,17H,2,6-9H2,1H3,(H,14,15). The number of hydrogen-bond acceptors (Lipinski definition) is 5. The van der Waals surface area contributed by atoms with E-state index in [-0.39, 0.29) is 6.61 Å². The predicted octanol–water partition coefficient (Wildman–Crippen LogP) is 0.679. The maximum absolute atomic E-state index is 8.88. The van der Waals surface area contributed by atoms with Crippen molar-refractivity contribution >= 4 is 5.82 Å². The zero-order valence-corrected chi connectivity index (χ0v) is 10.1. The van der Waals surface area contributed by atoms with Gasteiger partial charge < -0.3 is 10.4 Å². The van der Waals surface area contributed by atoms with Gasteiger partial charge in [-0.15, -0.1) is 0 Å². The molecular formula is C12H18N4O. The molecule has 1 aromatic rings. The van der Waals surface area contributed by atoms with Gasteiger partial charge in [0.05, 0.1) is 12.2 Å². The summed E-state index contributed by atoms with van der Waals surface area (Å²) in [7, 11) is 0. The summed E-state index contributed by atoms with van der Waals surface area (Å²) in [5.74, 6) is 0.620. The summed E-state index contributed by atoms with van der Waals surface area (Å²) in [5, 5.41) is 20.9. The lowest BCUT2D eigenvalue weighted by atomic mass is 10.3. The molecule has 0 amide bonds. The van der Waals surface area contributed by atoms with Gasteiger partial charge in [0.1, 0.15) is 11.9 Å². The zero-order valence-electron chi connectivity index (χ0n) is 10.1. The average Bonchev–Trinajstić information content (AvgIpc) is 2.38. The fourth-order valence-electron chi connectivity index (χ4n) is 1.54. The van der Waals surface area contributed by atoms with Gasteiger partial charge in [0.2, 0.25) is 0 Å². The Labute approximate surface area is 102 Å². The second-order valence-corrected chi connectivity index (χ2v) is 3.60. The van der Waals surface area contributed by atoms with E-state index in [9.17, 15) is 0 Å². The second kappa shape index (κ2) is 7.60. The molecule has 1 heterocycles. The molecule has 0 aromatic carbocycles. The number of nitrogens with one attached hydrogen (secondary N) is 1. The summed E-state index contributed by atoms with van der Waals surface area (Å²) in [6, 6.07) is 5.57. The lowest BCUT2D eigenvalue weighted by molar-refractivity contribution is 0.206. The molecule has 0 radical (unpaired) electrons. The molecule has 0 aliphatic carbocycles. The number of aromatic nitrogens is 1. The van der Waals surface area contributed by atoms with Crippen LogP contribution >= 0.6 is 0 Å². The number of aliphatic hydroxyl groups excluding tert-OH is 1. The van der Waals surface area contributed by atoms with Crippen LogP contribution < -0.4 is 5.32 Å². The number of rotatable bonds is 7. The molecule has 0 unspecified atom stereocenters. The normalized spacial score (nSPS) is 10.2. The van der Waals surface area contributed by atoms with E-state index in [1.165, 1.54) is 0 Å². The van der Waals surface area contributed by atoms with E-state index in [0.29, 0.717) is 24.5 Å². The molecule has 2 N–H and O–H groups in total. The van der Waals surface area contributed by atoms with Crippen LogP contribution in [0.15, 0.2) is 18.3 Å². The van der Waals surface area contributed by atoms with Gasteiger partial charge in [0.25, 0.3) is 0 Å². The molecule has 17 heavy (non-hydrogen) atoms. The first-order chi connectivity index (χ1) is 8.31. The van der Waals surface area contributed by atoms with Gasteiger partial charge in [-0.1, -0.05) is 6.92 Å². The Kier molecular flexibility index (Phi) is 6.00. The van der Waals surface area contributed by atoms with Crippen LogP contribution in [0.5, 0.6) is 0 Å². The molecule has 1 aromatic heterocycles. The van der Waals surface area contributed by atoms with Crippen molar-refractivity contribution in [3.8, 4) is 6.07 Å². The van der Waals surface area contributed by atoms with Gasteiger partial charge in [-0.3, -0.25) is 4.90 Å². The Bertz CT molecular complexity index is 375. The lowest BCUT2D eigenvalue weighted by Gasteiger charge is -2.19. The van der Waals surface area contributed by atoms with Gasteiger partial charge in [0, 0.05) is 25.8 Å². The summed E-state index contributed by atoms with van der Waals surface area (Å²) < 4.78 is 0. The Morgan fingerprint density at radius 1 is 1.53 bits per heavy atom. The van der Waals surface area contributed by atoms with Crippen molar-refractivity contribution in [1.29, 1.82) is 5.26 Å². The quantitative estimate of drug-likeness (QED) is 0.726. The number of hydrogen-bond donors (Lipinski definition) is 2. The molecule has 0 saturated carbocycles. The maximum atomic E-state index is 8.88. The highest BCUT2D eigenvalue weighted by Crippen LogP contribution is 2.08. The molecule has 0 bridgehead atoms. The summed E-state index contributed by atoms with van der Waals surface area (Å²) in [6.07, 6.45) is 1.66. The maximum Gasteiger partial charge on any atom is 0.143 e. The molecular weight excluding hydrogens is 216 g/mol. The van der Waals surface area contributed by atoms with E-state index < -0.39 is 0 Å². The minimum Gasteiger partial charge on any atom is -0.395 e. The number of pyridine rings is 1. The molecule has 5 nitrogen and oxygen atoms in total. The Balaban J connectivity index is 2.42. The summed E-state index contributed by atoms with van der Waals surface area (Å²) >= 11 is 0. The van der Waals surface area contributed by atoms with Gasteiger partial charge in [-0.25, -0.2) is 4.98 Å². The van der Waals surface area contributed by atoms with Crippen molar-refractivity contribution in [1.82, 2.24) is 9.88 Å². The first kappa shape index (κ1) is 13.4. The molecule has 5 heteroatoms. The predicted molar refractivity (Wildman–Crippen MR) is 66.6 cm³/mol. The van der Waals surface area contributed by atoms with Crippen molar-refractivity contribution in [3.63, 3.8) is 0 Å². The highest BCUT2D eigenvalue weighted by Gasteiger charge is 2.03. The average molecular weight is 234 g/mol. The highest BCUT2D eigenvalue weighted by molar-refractivity contribution is 5.51. The first-order valence-electron chi connectivity index (χ1n) is 5.74. The van der Waals surface area contributed by atoms with Crippen LogP contribution in [0.2, 0.25) is 0 Å². The number of anilines is 1. The fraction of sp³-hybridized carbons (Fsp3) is 0.500. The summed E-state index contributed by atoms with van der Waals surface area (Å²) in [4.78, 5) is 6.24. The Hall–Kier alpha value is -1.64. The van der Waals surface area contributed by atoms with Crippen LogP contribution in [-0.4, -0.2) is 47.8 Å². The van der Waals surface area contributed by atoms with Crippen molar-refractivity contribution in [2.45, 2.75) is 6.92 Å². The van der Waals surface area contributed by atoms with E-state index >= 15 is 0 Å². The number of likely N-dealkylation sites (N-methyl/N-ethyl adjacent to an activating group) is 1. The highest BCUT2D eigenvalue weighted by atomic mass is 16.3. The minimum atomic E-state index is 0.168. The van der Waals surface area contributed by atoms with Gasteiger partial charge in [0.15, 0.2) is 0 Å². The Morgan fingerprint density at radius 2 is 2.35 bits per heavy atom. The van der Waals surface area contributed by atoms with Crippen LogP contribution in [-0.2, 0) is 0 Å². The second-order valence-electron chi connectivity index (χ2n) is 3.60. The Morgan fingerprint density at radius 3 is 3.00 bits per heavy atom. The summed E-state index contributed by atoms with van der Waals surface area (Å²) in [5.41, 5.74) is 0.553. The molecule has 0 spiro atoms. The number of nitriles is 1. The number of nitrogens with zero attached hydrogens (tertiary/aromatic N) is 3. The van der Waals surface area contributed by atoms with Crippen LogP contribution in [0.25, 0.3) is 0 Å². The first-order valence-corrected chi connectivity index (χ1v) is 5.74. The van der Waals surface area contributed by atoms with Gasteiger partial charge in [-0.2, -0.15) is 5.26 Å². The molecule has 0 fully saturated rings. The van der Waals surface area contributed by atoms with Crippen molar-refractivity contribution in [2.24, 2.45) is 0 Å². The third-order valence-corrected chi connectivity index (χ3v) is 2.51. The van der Waals surface area contributed by atoms with Gasteiger partial charge >= 0.3 is 0 Å². The minimum absolute atomic E-state index is 0.168. The van der Waals surface area contributed by atoms with Gasteiger partial charge in [-0.05, 0) is 18.7 Å². The SMILES string of the molecule is CCN(CCO)CCNc1ncccc1C#N. The van der Waals surface area contributed by atoms with Crippen LogP contribution in [0.1, 0.15) is 12.5 Å². The summed E-state index contributed by atoms with van der Waals surface area (Å²) in [6.45, 7) is 5.32. The van der Waals surface area contributed by atoms with E-state index in [2.05, 4.69) is 28.2 Å². The van der Waals surface area contributed by atoms with Crippen LogP contribution in [0.4, 0.5) is 5.82 Å². The molecule has 92 valence electrons. The number of aliphatic hydroxyl groups is 1. The lowest BCUT2D eigenvalue weighted by Crippen LogP contribution is -2.31. The van der Waals surface area contributed by atoms with E-state index in [1.54, 1.807) is 18.3 Å². The molecule has 1 rings (SSSR count). The van der Waals surface area contributed by atoms with Crippen LogP contribution in [0.3, 0.4) is 0 Å². The van der Waals surface area contributed by atoms with E-state index in [1.807, 2.05) is 0 Å². The molecule has 0 aliphatic rings. The third-order valence-electron chi connectivity index (χ3n) is 2.51. The largest absolute Gasteiger partial charge is 0.395 e. The van der Waals surface area contributed by atoms with E-state index in [4.69, 9.17) is 10.4 Å². The fourth-order valence-corrected chi connectivity index (χ4v) is 1.54. The van der Waals surface area contributed by atoms with E-state index in [0.717, 1.165) is 13.1 Å². The molecule has 0 atom stereocenters. The van der Waals surface area contributed by atoms with Crippen molar-refractivity contribution < 1.29 is 5.11 Å². The third kappa shape index (κ3) is 4.39. The smallest absolute Gasteiger partial charge is 0.143 e. The van der Waals surface area contributed by atoms with Crippen LogP contribution in [0, 0.1) is 11.3 Å². The molecule has 0 aliphatic heterocycles. The van der Waals surface area contributed by atoms with Crippen molar-refractivity contribution in [3.05, 3.63) is 23.9 Å². The molecule has 0 saturated heterocycles. The van der Waals surface area contributed by atoms with Crippen molar-refractivity contribution in [2.75, 3.05) is 38.1 Å².